The van der Waals surface area contributed by atoms with Crippen LogP contribution in [0.25, 0.3) is 0 Å². The summed E-state index contributed by atoms with van der Waals surface area (Å²) in [5.41, 5.74) is 2.19. The van der Waals surface area contributed by atoms with Crippen LogP contribution in [0.1, 0.15) is 37.2 Å². The Morgan fingerprint density at radius 3 is 2.81 bits per heavy atom. The first kappa shape index (κ1) is 11.1. The van der Waals surface area contributed by atoms with Crippen LogP contribution in [0.4, 0.5) is 5.69 Å². The van der Waals surface area contributed by atoms with Crippen LogP contribution in [0, 0.1) is 0 Å². The maximum absolute atomic E-state index is 11.5. The van der Waals surface area contributed by atoms with E-state index in [1.165, 1.54) is 18.4 Å². The van der Waals surface area contributed by atoms with E-state index in [1.807, 2.05) is 18.2 Å². The van der Waals surface area contributed by atoms with Crippen LogP contribution in [-0.4, -0.2) is 17.6 Å². The molecule has 0 unspecified atom stereocenters. The minimum absolute atomic E-state index is 0.0119. The number of carbonyl (C=O) groups excluding carboxylic acids is 1. The zero-order valence-electron chi connectivity index (χ0n) is 9.28. The Morgan fingerprint density at radius 2 is 2.12 bits per heavy atom. The molecule has 1 aromatic rings. The summed E-state index contributed by atoms with van der Waals surface area (Å²) >= 11 is 0. The average Bonchev–Trinajstić information content (AvgIpc) is 3.11. The molecule has 3 heteroatoms. The van der Waals surface area contributed by atoms with E-state index in [-0.39, 0.29) is 12.5 Å². The van der Waals surface area contributed by atoms with E-state index in [1.54, 1.807) is 0 Å². The Kier molecular flexibility index (Phi) is 3.57. The van der Waals surface area contributed by atoms with Crippen molar-refractivity contribution in [2.24, 2.45) is 0 Å². The third-order valence-electron chi connectivity index (χ3n) is 2.81. The monoisotopic (exact) mass is 219 g/mol. The molecule has 0 aliphatic heterocycles. The highest BCUT2D eigenvalue weighted by atomic mass is 16.3. The zero-order valence-corrected chi connectivity index (χ0v) is 9.28. The Bertz CT molecular complexity index is 372. The SMILES string of the molecule is O=C(CCCO)Nc1ccccc1C1CC1. The normalized spacial score (nSPS) is 14.8. The maximum atomic E-state index is 11.5. The predicted octanol–water partition coefficient (Wildman–Crippen LogP) is 2.28. The fourth-order valence-electron chi connectivity index (χ4n) is 1.81. The van der Waals surface area contributed by atoms with Crippen LogP contribution in [0.15, 0.2) is 24.3 Å². The molecule has 1 aromatic carbocycles. The van der Waals surface area contributed by atoms with Crippen LogP contribution in [0.3, 0.4) is 0 Å². The molecule has 16 heavy (non-hydrogen) atoms. The molecule has 0 radical (unpaired) electrons. The molecule has 2 N–H and O–H groups in total. The van der Waals surface area contributed by atoms with E-state index in [9.17, 15) is 4.79 Å². The standard InChI is InChI=1S/C13H17NO2/c15-9-3-6-13(16)14-12-5-2-1-4-11(12)10-7-8-10/h1-2,4-5,10,15H,3,6-9H2,(H,14,16). The molecule has 0 bridgehead atoms. The van der Waals surface area contributed by atoms with Crippen molar-refractivity contribution in [3.05, 3.63) is 29.8 Å². The number of amides is 1. The molecule has 86 valence electrons. The minimum Gasteiger partial charge on any atom is -0.396 e. The van der Waals surface area contributed by atoms with E-state index in [0.717, 1.165) is 5.69 Å². The molecule has 0 aromatic heterocycles. The number of para-hydroxylation sites is 1. The lowest BCUT2D eigenvalue weighted by Gasteiger charge is -2.09. The highest BCUT2D eigenvalue weighted by Gasteiger charge is 2.25. The molecule has 1 fully saturated rings. The molecule has 1 saturated carbocycles. The third kappa shape index (κ3) is 2.83. The molecule has 1 aliphatic rings. The lowest BCUT2D eigenvalue weighted by atomic mass is 10.1. The van der Waals surface area contributed by atoms with Gasteiger partial charge in [-0.15, -0.1) is 0 Å². The van der Waals surface area contributed by atoms with Crippen LogP contribution in [0.5, 0.6) is 0 Å². The molecule has 0 atom stereocenters. The summed E-state index contributed by atoms with van der Waals surface area (Å²) in [5.74, 6) is 0.622. The predicted molar refractivity (Wildman–Crippen MR) is 63.4 cm³/mol. The van der Waals surface area contributed by atoms with Gasteiger partial charge < -0.3 is 10.4 Å². The van der Waals surface area contributed by atoms with Gasteiger partial charge in [0.25, 0.3) is 0 Å². The van der Waals surface area contributed by atoms with E-state index >= 15 is 0 Å². The summed E-state index contributed by atoms with van der Waals surface area (Å²) in [6.07, 6.45) is 3.36. The Morgan fingerprint density at radius 1 is 1.38 bits per heavy atom. The molecule has 1 aliphatic carbocycles. The number of rotatable bonds is 5. The second kappa shape index (κ2) is 5.12. The lowest BCUT2D eigenvalue weighted by molar-refractivity contribution is -0.116. The number of hydrogen-bond donors (Lipinski definition) is 2. The van der Waals surface area contributed by atoms with Gasteiger partial charge in [0, 0.05) is 18.7 Å². The maximum Gasteiger partial charge on any atom is 0.224 e. The number of nitrogens with one attached hydrogen (secondary N) is 1. The van der Waals surface area contributed by atoms with Crippen molar-refractivity contribution in [1.29, 1.82) is 0 Å². The van der Waals surface area contributed by atoms with Crippen molar-refractivity contribution in [2.45, 2.75) is 31.6 Å². The van der Waals surface area contributed by atoms with Gasteiger partial charge in [-0.05, 0) is 36.8 Å². The largest absolute Gasteiger partial charge is 0.396 e. The van der Waals surface area contributed by atoms with Gasteiger partial charge in [-0.3, -0.25) is 4.79 Å². The summed E-state index contributed by atoms with van der Waals surface area (Å²) in [7, 11) is 0. The summed E-state index contributed by atoms with van der Waals surface area (Å²) in [6, 6.07) is 7.98. The average molecular weight is 219 g/mol. The topological polar surface area (TPSA) is 49.3 Å². The van der Waals surface area contributed by atoms with Crippen molar-refractivity contribution in [1.82, 2.24) is 0 Å². The first-order valence-corrected chi connectivity index (χ1v) is 5.81. The Balaban J connectivity index is 2.00. The van der Waals surface area contributed by atoms with Gasteiger partial charge in [0.05, 0.1) is 0 Å². The van der Waals surface area contributed by atoms with Crippen molar-refractivity contribution in [3.63, 3.8) is 0 Å². The van der Waals surface area contributed by atoms with Gasteiger partial charge >= 0.3 is 0 Å². The van der Waals surface area contributed by atoms with Crippen molar-refractivity contribution in [3.8, 4) is 0 Å². The summed E-state index contributed by atoms with van der Waals surface area (Å²) in [5, 5.41) is 11.6. The number of anilines is 1. The molecule has 0 heterocycles. The highest BCUT2D eigenvalue weighted by Crippen LogP contribution is 2.43. The van der Waals surface area contributed by atoms with Crippen LogP contribution in [0.2, 0.25) is 0 Å². The molecule has 0 saturated heterocycles. The second-order valence-corrected chi connectivity index (χ2v) is 4.24. The molecular formula is C13H17NO2. The second-order valence-electron chi connectivity index (χ2n) is 4.24. The number of hydrogen-bond acceptors (Lipinski definition) is 2. The van der Waals surface area contributed by atoms with E-state index in [4.69, 9.17) is 5.11 Å². The van der Waals surface area contributed by atoms with Gasteiger partial charge in [-0.25, -0.2) is 0 Å². The third-order valence-corrected chi connectivity index (χ3v) is 2.81. The summed E-state index contributed by atoms with van der Waals surface area (Å²) < 4.78 is 0. The summed E-state index contributed by atoms with van der Waals surface area (Å²) in [6.45, 7) is 0.0672. The van der Waals surface area contributed by atoms with Crippen LogP contribution >= 0.6 is 0 Å². The van der Waals surface area contributed by atoms with Crippen LogP contribution < -0.4 is 5.32 Å². The molecular weight excluding hydrogens is 202 g/mol. The first-order valence-electron chi connectivity index (χ1n) is 5.81. The highest BCUT2D eigenvalue weighted by molar-refractivity contribution is 5.91. The van der Waals surface area contributed by atoms with Gasteiger partial charge in [-0.2, -0.15) is 0 Å². The van der Waals surface area contributed by atoms with Gasteiger partial charge in [0.1, 0.15) is 0 Å². The van der Waals surface area contributed by atoms with Crippen molar-refractivity contribution in [2.75, 3.05) is 11.9 Å². The fourth-order valence-corrected chi connectivity index (χ4v) is 1.81. The van der Waals surface area contributed by atoms with Crippen LogP contribution in [-0.2, 0) is 4.79 Å². The number of benzene rings is 1. The molecule has 0 spiro atoms. The number of aliphatic hydroxyl groups excluding tert-OH is 1. The molecule has 3 nitrogen and oxygen atoms in total. The van der Waals surface area contributed by atoms with Gasteiger partial charge in [0.15, 0.2) is 0 Å². The van der Waals surface area contributed by atoms with E-state index < -0.39 is 0 Å². The Hall–Kier alpha value is -1.35. The number of carbonyl (C=O) groups is 1. The molecule has 2 rings (SSSR count). The fraction of sp³-hybridized carbons (Fsp3) is 0.462. The quantitative estimate of drug-likeness (QED) is 0.798. The van der Waals surface area contributed by atoms with Gasteiger partial charge in [0.2, 0.25) is 5.91 Å². The zero-order chi connectivity index (χ0) is 11.4. The molecule has 1 amide bonds. The van der Waals surface area contributed by atoms with E-state index in [0.29, 0.717) is 18.8 Å². The Labute approximate surface area is 95.5 Å². The lowest BCUT2D eigenvalue weighted by Crippen LogP contribution is -2.13. The number of aliphatic hydroxyl groups is 1. The summed E-state index contributed by atoms with van der Waals surface area (Å²) in [4.78, 5) is 11.5. The van der Waals surface area contributed by atoms with Crippen molar-refractivity contribution >= 4 is 11.6 Å². The van der Waals surface area contributed by atoms with Gasteiger partial charge in [-0.1, -0.05) is 18.2 Å². The smallest absolute Gasteiger partial charge is 0.224 e. The minimum atomic E-state index is -0.0119. The van der Waals surface area contributed by atoms with E-state index in [2.05, 4.69) is 11.4 Å². The first-order chi connectivity index (χ1) is 7.81. The van der Waals surface area contributed by atoms with Crippen molar-refractivity contribution < 1.29 is 9.90 Å².